The third-order valence-electron chi connectivity index (χ3n) is 1.77. The van der Waals surface area contributed by atoms with Crippen molar-refractivity contribution in [2.45, 2.75) is 18.9 Å². The van der Waals surface area contributed by atoms with E-state index in [1.807, 2.05) is 0 Å². The topological polar surface area (TPSA) is 59.9 Å². The van der Waals surface area contributed by atoms with Crippen molar-refractivity contribution in [2.24, 2.45) is 0 Å². The highest BCUT2D eigenvalue weighted by molar-refractivity contribution is 4.99. The molecular weight excluding hydrogens is 146 g/mol. The molecule has 1 aliphatic rings. The van der Waals surface area contributed by atoms with E-state index in [2.05, 4.69) is 10.2 Å². The first-order valence-electron chi connectivity index (χ1n) is 3.54. The molecule has 1 N–H and O–H groups in total. The minimum Gasteiger partial charge on any atom is -0.467 e. The van der Waals surface area contributed by atoms with Gasteiger partial charge in [0.2, 0.25) is 0 Å². The molecule has 1 saturated carbocycles. The van der Waals surface area contributed by atoms with Crippen LogP contribution in [0.2, 0.25) is 0 Å². The van der Waals surface area contributed by atoms with Gasteiger partial charge < -0.3 is 4.74 Å². The summed E-state index contributed by atoms with van der Waals surface area (Å²) in [6.07, 6.45) is 2.10. The summed E-state index contributed by atoms with van der Waals surface area (Å²) in [6.45, 7) is 0. The Morgan fingerprint density at radius 1 is 1.73 bits per heavy atom. The van der Waals surface area contributed by atoms with Crippen molar-refractivity contribution in [3.05, 3.63) is 10.5 Å². The fourth-order valence-corrected chi connectivity index (χ4v) is 1.09. The van der Waals surface area contributed by atoms with E-state index in [1.54, 1.807) is 4.57 Å². The lowest BCUT2D eigenvalue weighted by molar-refractivity contribution is 0.354. The van der Waals surface area contributed by atoms with Crippen LogP contribution < -0.4 is 10.4 Å². The molecule has 60 valence electrons. The summed E-state index contributed by atoms with van der Waals surface area (Å²) >= 11 is 0. The monoisotopic (exact) mass is 155 g/mol. The lowest BCUT2D eigenvalue weighted by Gasteiger charge is -1.99. The Morgan fingerprint density at radius 3 is 3.00 bits per heavy atom. The maximum absolute atomic E-state index is 11.0. The zero-order valence-corrected chi connectivity index (χ0v) is 6.20. The molecule has 0 spiro atoms. The number of H-pyrrole nitrogens is 1. The maximum Gasteiger partial charge on any atom is 0.346 e. The minimum absolute atomic E-state index is 0.177. The Labute approximate surface area is 63.0 Å². The van der Waals surface area contributed by atoms with E-state index >= 15 is 0 Å². The summed E-state index contributed by atoms with van der Waals surface area (Å²) in [4.78, 5) is 11.0. The van der Waals surface area contributed by atoms with Gasteiger partial charge in [-0.2, -0.15) is 0 Å². The van der Waals surface area contributed by atoms with Crippen LogP contribution in [0.3, 0.4) is 0 Å². The maximum atomic E-state index is 11.0. The number of ether oxygens (including phenoxy) is 1. The van der Waals surface area contributed by atoms with Gasteiger partial charge in [0, 0.05) is 6.04 Å². The molecule has 1 fully saturated rings. The Hall–Kier alpha value is -1.26. The van der Waals surface area contributed by atoms with Crippen molar-refractivity contribution in [1.82, 2.24) is 14.8 Å². The van der Waals surface area contributed by atoms with E-state index in [1.165, 1.54) is 7.11 Å². The highest BCUT2D eigenvalue weighted by Crippen LogP contribution is 2.35. The lowest BCUT2D eigenvalue weighted by Crippen LogP contribution is -2.16. The molecule has 1 heterocycles. The standard InChI is InChI=1S/C6H9N3O2/c1-11-6-8-7-5(10)9(6)4-2-3-4/h4H,2-3H2,1H3,(H,7,10). The van der Waals surface area contributed by atoms with E-state index in [-0.39, 0.29) is 5.69 Å². The van der Waals surface area contributed by atoms with Crippen LogP contribution in [0.5, 0.6) is 6.01 Å². The second-order valence-corrected chi connectivity index (χ2v) is 2.62. The number of methoxy groups -OCH3 is 1. The molecule has 0 saturated heterocycles. The van der Waals surface area contributed by atoms with Gasteiger partial charge in [0.05, 0.1) is 7.11 Å². The normalized spacial score (nSPS) is 16.8. The molecule has 1 aliphatic carbocycles. The predicted octanol–water partition coefficient (Wildman–Crippen LogP) is -0.0851. The predicted molar refractivity (Wildman–Crippen MR) is 37.7 cm³/mol. The summed E-state index contributed by atoms with van der Waals surface area (Å²) < 4.78 is 6.44. The molecule has 0 aliphatic heterocycles. The largest absolute Gasteiger partial charge is 0.467 e. The van der Waals surface area contributed by atoms with Gasteiger partial charge in [-0.25, -0.2) is 14.5 Å². The van der Waals surface area contributed by atoms with Crippen LogP contribution in [0.15, 0.2) is 4.79 Å². The zero-order chi connectivity index (χ0) is 7.84. The lowest BCUT2D eigenvalue weighted by atomic mass is 10.7. The van der Waals surface area contributed by atoms with E-state index in [0.717, 1.165) is 12.8 Å². The molecule has 0 aromatic carbocycles. The van der Waals surface area contributed by atoms with Gasteiger partial charge in [0.1, 0.15) is 0 Å². The third-order valence-corrected chi connectivity index (χ3v) is 1.77. The molecular formula is C6H9N3O2. The summed E-state index contributed by atoms with van der Waals surface area (Å²) in [5.74, 6) is 0. The fraction of sp³-hybridized carbons (Fsp3) is 0.667. The Balaban J connectivity index is 2.46. The molecule has 2 rings (SSSR count). The van der Waals surface area contributed by atoms with Crippen molar-refractivity contribution in [2.75, 3.05) is 7.11 Å². The Kier molecular flexibility index (Phi) is 1.24. The molecule has 0 radical (unpaired) electrons. The number of nitrogens with zero attached hydrogens (tertiary/aromatic N) is 2. The molecule has 1 aromatic rings. The molecule has 5 heteroatoms. The van der Waals surface area contributed by atoms with Crippen molar-refractivity contribution >= 4 is 0 Å². The van der Waals surface area contributed by atoms with Crippen molar-refractivity contribution in [3.8, 4) is 6.01 Å². The summed E-state index contributed by atoms with van der Waals surface area (Å²) in [5, 5.41) is 6.04. The quantitative estimate of drug-likeness (QED) is 0.649. The number of aromatic amines is 1. The SMILES string of the molecule is COc1n[nH]c(=O)n1C1CC1. The molecule has 0 unspecified atom stereocenters. The van der Waals surface area contributed by atoms with Gasteiger partial charge in [-0.3, -0.25) is 0 Å². The second-order valence-electron chi connectivity index (χ2n) is 2.62. The van der Waals surface area contributed by atoms with Crippen molar-refractivity contribution < 1.29 is 4.74 Å². The number of hydrogen-bond donors (Lipinski definition) is 1. The molecule has 11 heavy (non-hydrogen) atoms. The van der Waals surface area contributed by atoms with Crippen LogP contribution in [-0.2, 0) is 0 Å². The Bertz CT molecular complexity index is 310. The summed E-state index contributed by atoms with van der Waals surface area (Å²) in [6, 6.07) is 0.702. The van der Waals surface area contributed by atoms with Crippen molar-refractivity contribution in [1.29, 1.82) is 0 Å². The molecule has 5 nitrogen and oxygen atoms in total. The highest BCUT2D eigenvalue weighted by Gasteiger charge is 2.28. The highest BCUT2D eigenvalue weighted by atomic mass is 16.5. The Morgan fingerprint density at radius 2 is 2.45 bits per heavy atom. The van der Waals surface area contributed by atoms with Crippen LogP contribution in [0.4, 0.5) is 0 Å². The molecule has 0 bridgehead atoms. The number of aromatic nitrogens is 3. The average Bonchev–Trinajstić information content (AvgIpc) is 2.76. The van der Waals surface area contributed by atoms with Gasteiger partial charge in [-0.05, 0) is 12.8 Å². The zero-order valence-electron chi connectivity index (χ0n) is 6.20. The summed E-state index contributed by atoms with van der Waals surface area (Å²) in [5.41, 5.74) is -0.177. The third kappa shape index (κ3) is 0.923. The van der Waals surface area contributed by atoms with Gasteiger partial charge in [0.25, 0.3) is 0 Å². The minimum atomic E-state index is -0.177. The van der Waals surface area contributed by atoms with E-state index in [0.29, 0.717) is 12.1 Å². The van der Waals surface area contributed by atoms with Gasteiger partial charge >= 0.3 is 11.7 Å². The summed E-state index contributed by atoms with van der Waals surface area (Å²) in [7, 11) is 1.51. The van der Waals surface area contributed by atoms with Crippen LogP contribution in [0.25, 0.3) is 0 Å². The average molecular weight is 155 g/mol. The van der Waals surface area contributed by atoms with E-state index in [4.69, 9.17) is 4.74 Å². The van der Waals surface area contributed by atoms with E-state index in [9.17, 15) is 4.79 Å². The molecule has 0 atom stereocenters. The second kappa shape index (κ2) is 2.11. The van der Waals surface area contributed by atoms with Crippen LogP contribution in [-0.4, -0.2) is 21.9 Å². The van der Waals surface area contributed by atoms with Crippen LogP contribution >= 0.6 is 0 Å². The van der Waals surface area contributed by atoms with Crippen LogP contribution in [0.1, 0.15) is 18.9 Å². The first kappa shape index (κ1) is 6.45. The van der Waals surface area contributed by atoms with Gasteiger partial charge in [-0.1, -0.05) is 0 Å². The fourth-order valence-electron chi connectivity index (χ4n) is 1.09. The molecule has 1 aromatic heterocycles. The smallest absolute Gasteiger partial charge is 0.346 e. The van der Waals surface area contributed by atoms with Gasteiger partial charge in [-0.15, -0.1) is 5.10 Å². The van der Waals surface area contributed by atoms with Crippen LogP contribution in [0, 0.1) is 0 Å². The first-order valence-corrected chi connectivity index (χ1v) is 3.54. The number of hydrogen-bond acceptors (Lipinski definition) is 3. The molecule has 0 amide bonds. The number of nitrogens with one attached hydrogen (secondary N) is 1. The van der Waals surface area contributed by atoms with E-state index < -0.39 is 0 Å². The van der Waals surface area contributed by atoms with Gasteiger partial charge in [0.15, 0.2) is 0 Å². The van der Waals surface area contributed by atoms with Crippen molar-refractivity contribution in [3.63, 3.8) is 0 Å². The number of rotatable bonds is 2. The first-order chi connectivity index (χ1) is 5.33.